The largest absolute Gasteiger partial charge is 0.276 e. The van der Waals surface area contributed by atoms with E-state index in [1.165, 1.54) is 14.1 Å². The lowest BCUT2D eigenvalue weighted by molar-refractivity contribution is 0.572. The van der Waals surface area contributed by atoms with Crippen LogP contribution in [0.5, 0.6) is 0 Å². The fourth-order valence-electron chi connectivity index (χ4n) is 0.485. The van der Waals surface area contributed by atoms with Gasteiger partial charge in [0.1, 0.15) is 0 Å². The van der Waals surface area contributed by atoms with Crippen LogP contribution in [0.15, 0.2) is 0 Å². The van der Waals surface area contributed by atoms with E-state index in [2.05, 4.69) is 4.72 Å². The van der Waals surface area contributed by atoms with Crippen molar-refractivity contribution < 1.29 is 16.8 Å². The van der Waals surface area contributed by atoms with Gasteiger partial charge in [-0.15, -0.1) is 0 Å². The van der Waals surface area contributed by atoms with E-state index in [0.29, 0.717) is 0 Å². The number of hydrogen-bond donors (Lipinski definition) is 3. The lowest BCUT2D eigenvalue weighted by Crippen LogP contribution is -2.38. The molecule has 0 aliphatic rings. The third-order valence-electron chi connectivity index (χ3n) is 1.24. The summed E-state index contributed by atoms with van der Waals surface area (Å²) in [4.78, 5) is 0. The maximum atomic E-state index is 10.8. The van der Waals surface area contributed by atoms with Crippen LogP contribution in [0.3, 0.4) is 0 Å². The van der Waals surface area contributed by atoms with Crippen LogP contribution in [0.4, 0.5) is 0 Å². The maximum Gasteiger partial charge on any atom is 0.276 e. The van der Waals surface area contributed by atoms with Gasteiger partial charge < -0.3 is 0 Å². The molecule has 80 valence electrons. The second-order valence-corrected chi connectivity index (χ2v) is 5.87. The first-order valence-corrected chi connectivity index (χ1v) is 6.56. The molecule has 0 aliphatic heterocycles. The summed E-state index contributed by atoms with van der Waals surface area (Å²) in [5.41, 5.74) is 0. The van der Waals surface area contributed by atoms with E-state index < -0.39 is 20.2 Å². The zero-order chi connectivity index (χ0) is 10.5. The smallest absolute Gasteiger partial charge is 0.218 e. The Morgan fingerprint density at radius 2 is 1.54 bits per heavy atom. The van der Waals surface area contributed by atoms with Crippen molar-refractivity contribution in [3.8, 4) is 0 Å². The van der Waals surface area contributed by atoms with E-state index in [0.717, 1.165) is 0 Å². The highest BCUT2D eigenvalue weighted by atomic mass is 32.2. The Bertz CT molecular complexity index is 298. The predicted octanol–water partition coefficient (Wildman–Crippen LogP) is -2.41. The van der Waals surface area contributed by atoms with Gasteiger partial charge in [0, 0.05) is 13.6 Å². The molecule has 0 amide bonds. The maximum absolute atomic E-state index is 10.8. The molecule has 13 heavy (non-hydrogen) atoms. The first-order chi connectivity index (χ1) is 5.83. The Labute approximate surface area is 78.1 Å². The first kappa shape index (κ1) is 12.8. The van der Waals surface area contributed by atoms with Crippen LogP contribution < -0.4 is 14.2 Å². The predicted molar refractivity (Wildman–Crippen MR) is 48.8 cm³/mol. The summed E-state index contributed by atoms with van der Waals surface area (Å²) in [5.74, 6) is -0.287. The highest BCUT2D eigenvalue weighted by Gasteiger charge is 2.09. The Morgan fingerprint density at radius 3 is 1.92 bits per heavy atom. The Hall–Kier alpha value is -0.220. The molecule has 0 aliphatic carbocycles. The second-order valence-electron chi connectivity index (χ2n) is 2.12. The van der Waals surface area contributed by atoms with Crippen LogP contribution in [0.2, 0.25) is 0 Å². The third-order valence-corrected chi connectivity index (χ3v) is 3.73. The molecule has 0 aromatic rings. The zero-order valence-electron chi connectivity index (χ0n) is 7.36. The van der Waals surface area contributed by atoms with Crippen LogP contribution in [0.1, 0.15) is 0 Å². The number of hydrogen-bond acceptors (Lipinski definition) is 4. The standard InChI is InChI=1S/C4H13N3O4S2/c1-5-12(8,9)4-3-7-13(10,11)6-2/h5-7H,3-4H2,1-2H3. The number of nitrogens with one attached hydrogen (secondary N) is 3. The quantitative estimate of drug-likeness (QED) is 0.473. The fraction of sp³-hybridized carbons (Fsp3) is 1.00. The van der Waals surface area contributed by atoms with E-state index in [-0.39, 0.29) is 12.3 Å². The van der Waals surface area contributed by atoms with Crippen molar-refractivity contribution in [2.24, 2.45) is 0 Å². The highest BCUT2D eigenvalue weighted by Crippen LogP contribution is 1.81. The highest BCUT2D eigenvalue weighted by molar-refractivity contribution is 7.89. The van der Waals surface area contributed by atoms with Gasteiger partial charge in [-0.25, -0.2) is 22.6 Å². The molecule has 0 spiro atoms. The van der Waals surface area contributed by atoms with Crippen molar-refractivity contribution in [2.75, 3.05) is 26.4 Å². The first-order valence-electron chi connectivity index (χ1n) is 3.42. The Morgan fingerprint density at radius 1 is 1.00 bits per heavy atom. The van der Waals surface area contributed by atoms with Gasteiger partial charge in [-0.05, 0) is 7.05 Å². The molecule has 0 heterocycles. The molecule has 9 heteroatoms. The summed E-state index contributed by atoms with van der Waals surface area (Å²) in [6, 6.07) is 0. The summed E-state index contributed by atoms with van der Waals surface area (Å²) in [6.45, 7) is -0.160. The molecule has 0 radical (unpaired) electrons. The van der Waals surface area contributed by atoms with Crippen LogP contribution in [-0.4, -0.2) is 43.2 Å². The van der Waals surface area contributed by atoms with Gasteiger partial charge in [0.25, 0.3) is 10.2 Å². The van der Waals surface area contributed by atoms with Gasteiger partial charge >= 0.3 is 0 Å². The topological polar surface area (TPSA) is 104 Å². The summed E-state index contributed by atoms with van der Waals surface area (Å²) >= 11 is 0. The van der Waals surface area contributed by atoms with E-state index >= 15 is 0 Å². The average molecular weight is 231 g/mol. The van der Waals surface area contributed by atoms with E-state index in [9.17, 15) is 16.8 Å². The molecular formula is C4H13N3O4S2. The van der Waals surface area contributed by atoms with Crippen LogP contribution in [-0.2, 0) is 20.2 Å². The normalized spacial score (nSPS) is 13.1. The second kappa shape index (κ2) is 4.86. The van der Waals surface area contributed by atoms with Crippen molar-refractivity contribution in [3.63, 3.8) is 0 Å². The Kier molecular flexibility index (Phi) is 4.78. The summed E-state index contributed by atoms with van der Waals surface area (Å²) in [7, 11) is -4.40. The van der Waals surface area contributed by atoms with Crippen molar-refractivity contribution >= 4 is 20.2 Å². The summed E-state index contributed by atoms with van der Waals surface area (Å²) in [6.07, 6.45) is 0. The van der Waals surface area contributed by atoms with Crippen molar-refractivity contribution in [2.45, 2.75) is 0 Å². The Balaban J connectivity index is 3.96. The number of sulfonamides is 1. The average Bonchev–Trinajstić information content (AvgIpc) is 2.04. The van der Waals surface area contributed by atoms with Crippen molar-refractivity contribution in [3.05, 3.63) is 0 Å². The fourth-order valence-corrected chi connectivity index (χ4v) is 1.70. The molecule has 7 nitrogen and oxygen atoms in total. The van der Waals surface area contributed by atoms with Crippen LogP contribution >= 0.6 is 0 Å². The van der Waals surface area contributed by atoms with Gasteiger partial charge in [-0.1, -0.05) is 0 Å². The van der Waals surface area contributed by atoms with Gasteiger partial charge in [0.05, 0.1) is 5.75 Å². The van der Waals surface area contributed by atoms with E-state index in [1.807, 2.05) is 9.44 Å². The van der Waals surface area contributed by atoms with Crippen molar-refractivity contribution in [1.29, 1.82) is 0 Å². The molecule has 0 aromatic heterocycles. The summed E-state index contributed by atoms with van der Waals surface area (Å²) < 4.78 is 49.2. The minimum absolute atomic E-state index is 0.160. The lowest BCUT2D eigenvalue weighted by Gasteiger charge is -2.04. The molecule has 0 unspecified atom stereocenters. The molecule has 0 rings (SSSR count). The molecule has 0 bridgehead atoms. The van der Waals surface area contributed by atoms with E-state index in [4.69, 9.17) is 0 Å². The minimum Gasteiger partial charge on any atom is -0.218 e. The SMILES string of the molecule is CNS(=O)(=O)CCNS(=O)(=O)NC. The zero-order valence-corrected chi connectivity index (χ0v) is 9.00. The van der Waals surface area contributed by atoms with Crippen LogP contribution in [0.25, 0.3) is 0 Å². The molecule has 0 aromatic carbocycles. The summed E-state index contributed by atoms with van der Waals surface area (Å²) in [5, 5.41) is 0. The van der Waals surface area contributed by atoms with Gasteiger partial charge in [-0.3, -0.25) is 0 Å². The lowest BCUT2D eigenvalue weighted by atomic mass is 10.8. The molecule has 0 fully saturated rings. The van der Waals surface area contributed by atoms with Gasteiger partial charge in [-0.2, -0.15) is 8.42 Å². The monoisotopic (exact) mass is 231 g/mol. The molecule has 0 saturated carbocycles. The molecule has 0 atom stereocenters. The van der Waals surface area contributed by atoms with Crippen LogP contribution in [0, 0.1) is 0 Å². The van der Waals surface area contributed by atoms with E-state index in [1.54, 1.807) is 0 Å². The molecule has 0 saturated heterocycles. The minimum atomic E-state index is -3.54. The third kappa shape index (κ3) is 5.93. The van der Waals surface area contributed by atoms with Gasteiger partial charge in [0.2, 0.25) is 10.0 Å². The van der Waals surface area contributed by atoms with Crippen molar-refractivity contribution in [1.82, 2.24) is 14.2 Å². The molecular weight excluding hydrogens is 218 g/mol. The van der Waals surface area contributed by atoms with Gasteiger partial charge in [0.15, 0.2) is 0 Å². The number of rotatable bonds is 6. The molecule has 3 N–H and O–H groups in total.